The van der Waals surface area contributed by atoms with Crippen molar-refractivity contribution in [1.82, 2.24) is 4.90 Å². The number of hydrogen-bond acceptors (Lipinski definition) is 4. The van der Waals surface area contributed by atoms with Crippen LogP contribution in [0.1, 0.15) is 22.8 Å². The molecule has 0 unspecified atom stereocenters. The Morgan fingerprint density at radius 2 is 1.92 bits per heavy atom. The normalized spacial score (nSPS) is 15.4. The van der Waals surface area contributed by atoms with E-state index in [9.17, 15) is 4.79 Å². The molecule has 0 spiro atoms. The van der Waals surface area contributed by atoms with Crippen molar-refractivity contribution in [2.75, 3.05) is 42.9 Å². The van der Waals surface area contributed by atoms with E-state index in [0.29, 0.717) is 14.2 Å². The number of benzene rings is 1. The quantitative estimate of drug-likeness (QED) is 0.807. The fraction of sp³-hybridized carbons (Fsp3) is 0.389. The largest absolute Gasteiger partial charge is 0.369 e. The molecule has 0 atom stereocenters. The Hall–Kier alpha value is -1.27. The summed E-state index contributed by atoms with van der Waals surface area (Å²) in [5.41, 5.74) is 3.55. The zero-order valence-corrected chi connectivity index (χ0v) is 16.6. The van der Waals surface area contributed by atoms with Crippen molar-refractivity contribution in [3.8, 4) is 0 Å². The lowest BCUT2D eigenvalue weighted by molar-refractivity contribution is 0.102. The highest BCUT2D eigenvalue weighted by Crippen LogP contribution is 2.32. The number of carbonyl (C=O) groups is 1. The summed E-state index contributed by atoms with van der Waals surface area (Å²) in [5, 5.41) is 2.90. The van der Waals surface area contributed by atoms with Gasteiger partial charge < -0.3 is 15.1 Å². The summed E-state index contributed by atoms with van der Waals surface area (Å²) in [4.78, 5) is 17.2. The number of halogens is 2. The molecule has 25 heavy (non-hydrogen) atoms. The molecule has 0 bridgehead atoms. The first kappa shape index (κ1) is 18.5. The van der Waals surface area contributed by atoms with Crippen LogP contribution in [0.25, 0.3) is 0 Å². The second-order valence-electron chi connectivity index (χ2n) is 6.11. The molecule has 3 rings (SSSR count). The van der Waals surface area contributed by atoms with Crippen LogP contribution in [0.2, 0.25) is 8.67 Å². The van der Waals surface area contributed by atoms with E-state index >= 15 is 0 Å². The Bertz CT molecular complexity index is 770. The lowest BCUT2D eigenvalue weighted by atomic mass is 10.1. The van der Waals surface area contributed by atoms with Crippen LogP contribution in [-0.2, 0) is 0 Å². The van der Waals surface area contributed by atoms with E-state index in [-0.39, 0.29) is 5.91 Å². The number of thiophene rings is 1. The molecule has 1 aliphatic rings. The van der Waals surface area contributed by atoms with Gasteiger partial charge in [-0.05, 0) is 43.3 Å². The van der Waals surface area contributed by atoms with Gasteiger partial charge in [0.1, 0.15) is 4.34 Å². The smallest absolute Gasteiger partial charge is 0.258 e. The van der Waals surface area contributed by atoms with Gasteiger partial charge in [0.25, 0.3) is 5.91 Å². The number of rotatable bonds is 4. The number of amides is 1. The summed E-state index contributed by atoms with van der Waals surface area (Å²) in [7, 11) is 0. The molecule has 1 N–H and O–H groups in total. The second-order valence-corrected chi connectivity index (χ2v) is 8.40. The second kappa shape index (κ2) is 7.96. The lowest BCUT2D eigenvalue weighted by Gasteiger charge is -2.36. The Kier molecular flexibility index (Phi) is 5.89. The third kappa shape index (κ3) is 4.29. The summed E-state index contributed by atoms with van der Waals surface area (Å²) in [6.45, 7) is 9.62. The first-order valence-corrected chi connectivity index (χ1v) is 9.89. The summed E-state index contributed by atoms with van der Waals surface area (Å²) in [5.74, 6) is -0.239. The minimum absolute atomic E-state index is 0.239. The number of anilines is 2. The molecule has 0 radical (unpaired) electrons. The Labute approximate surface area is 162 Å². The number of nitrogens with one attached hydrogen (secondary N) is 1. The van der Waals surface area contributed by atoms with Crippen molar-refractivity contribution in [2.24, 2.45) is 0 Å². The predicted octanol–water partition coefficient (Wildman–Crippen LogP) is 4.76. The number of nitrogens with zero attached hydrogens (tertiary/aromatic N) is 2. The van der Waals surface area contributed by atoms with E-state index in [4.69, 9.17) is 23.2 Å². The van der Waals surface area contributed by atoms with Gasteiger partial charge in [0, 0.05) is 37.6 Å². The zero-order valence-electron chi connectivity index (χ0n) is 14.3. The highest BCUT2D eigenvalue weighted by Gasteiger charge is 2.18. The molecule has 0 saturated carbocycles. The summed E-state index contributed by atoms with van der Waals surface area (Å²) in [6.07, 6.45) is 0. The maximum Gasteiger partial charge on any atom is 0.258 e. The maximum atomic E-state index is 12.4. The van der Waals surface area contributed by atoms with Crippen LogP contribution in [0.3, 0.4) is 0 Å². The van der Waals surface area contributed by atoms with E-state index in [0.717, 1.165) is 44.0 Å². The van der Waals surface area contributed by atoms with E-state index < -0.39 is 0 Å². The highest BCUT2D eigenvalue weighted by molar-refractivity contribution is 7.20. The van der Waals surface area contributed by atoms with Crippen molar-refractivity contribution in [1.29, 1.82) is 0 Å². The van der Waals surface area contributed by atoms with Gasteiger partial charge in [0.2, 0.25) is 0 Å². The minimum atomic E-state index is -0.239. The number of likely N-dealkylation sites (N-methyl/N-ethyl adjacent to an activating group) is 1. The van der Waals surface area contributed by atoms with Crippen molar-refractivity contribution in [3.05, 3.63) is 44.1 Å². The summed E-state index contributed by atoms with van der Waals surface area (Å²) >= 11 is 13.2. The van der Waals surface area contributed by atoms with E-state index in [1.165, 1.54) is 17.0 Å². The van der Waals surface area contributed by atoms with E-state index in [2.05, 4.69) is 35.0 Å². The predicted molar refractivity (Wildman–Crippen MR) is 108 cm³/mol. The van der Waals surface area contributed by atoms with Gasteiger partial charge in [0.15, 0.2) is 0 Å². The summed E-state index contributed by atoms with van der Waals surface area (Å²) < 4.78 is 0.914. The number of hydrogen-bond donors (Lipinski definition) is 1. The van der Waals surface area contributed by atoms with Gasteiger partial charge in [-0.3, -0.25) is 4.79 Å². The first-order chi connectivity index (χ1) is 12.0. The molecule has 134 valence electrons. The molecule has 0 aliphatic carbocycles. The van der Waals surface area contributed by atoms with Crippen molar-refractivity contribution in [3.63, 3.8) is 0 Å². The maximum absolute atomic E-state index is 12.4. The Morgan fingerprint density at radius 3 is 2.48 bits per heavy atom. The van der Waals surface area contributed by atoms with Gasteiger partial charge in [-0.1, -0.05) is 30.1 Å². The van der Waals surface area contributed by atoms with Gasteiger partial charge in [-0.15, -0.1) is 11.3 Å². The van der Waals surface area contributed by atoms with Gasteiger partial charge in [-0.2, -0.15) is 0 Å². The van der Waals surface area contributed by atoms with Gasteiger partial charge in [0.05, 0.1) is 9.90 Å². The van der Waals surface area contributed by atoms with Crippen LogP contribution in [0.15, 0.2) is 24.3 Å². The Morgan fingerprint density at radius 1 is 1.20 bits per heavy atom. The fourth-order valence-electron chi connectivity index (χ4n) is 3.09. The SMILES string of the molecule is CCN1CCN(c2ccc(NC(=O)c3cc(Cl)sc3Cl)cc2C)CC1. The van der Waals surface area contributed by atoms with E-state index in [1.807, 2.05) is 12.1 Å². The van der Waals surface area contributed by atoms with Crippen LogP contribution >= 0.6 is 34.5 Å². The van der Waals surface area contributed by atoms with Crippen molar-refractivity contribution in [2.45, 2.75) is 13.8 Å². The number of carbonyl (C=O) groups excluding carboxylic acids is 1. The van der Waals surface area contributed by atoms with Crippen LogP contribution in [0.4, 0.5) is 11.4 Å². The molecular weight excluding hydrogens is 377 g/mol. The third-order valence-corrected chi connectivity index (χ3v) is 6.00. The van der Waals surface area contributed by atoms with Crippen molar-refractivity contribution < 1.29 is 4.79 Å². The first-order valence-electron chi connectivity index (χ1n) is 8.32. The minimum Gasteiger partial charge on any atom is -0.369 e. The van der Waals surface area contributed by atoms with Crippen LogP contribution in [0, 0.1) is 6.92 Å². The van der Waals surface area contributed by atoms with Crippen LogP contribution in [0.5, 0.6) is 0 Å². The number of piperazine rings is 1. The molecule has 1 aliphatic heterocycles. The van der Waals surface area contributed by atoms with Gasteiger partial charge in [-0.25, -0.2) is 0 Å². The van der Waals surface area contributed by atoms with Gasteiger partial charge >= 0.3 is 0 Å². The Balaban J connectivity index is 1.70. The summed E-state index contributed by atoms with van der Waals surface area (Å²) in [6, 6.07) is 7.61. The topological polar surface area (TPSA) is 35.6 Å². The molecule has 1 aromatic carbocycles. The molecule has 2 heterocycles. The van der Waals surface area contributed by atoms with Crippen molar-refractivity contribution >= 4 is 51.8 Å². The van der Waals surface area contributed by atoms with Crippen LogP contribution < -0.4 is 10.2 Å². The molecule has 1 fully saturated rings. The van der Waals surface area contributed by atoms with E-state index in [1.54, 1.807) is 6.07 Å². The number of aryl methyl sites for hydroxylation is 1. The monoisotopic (exact) mass is 397 g/mol. The highest BCUT2D eigenvalue weighted by atomic mass is 35.5. The molecule has 4 nitrogen and oxygen atoms in total. The average Bonchev–Trinajstić information content (AvgIpc) is 2.94. The van der Waals surface area contributed by atoms with Crippen LogP contribution in [-0.4, -0.2) is 43.5 Å². The fourth-order valence-corrected chi connectivity index (χ4v) is 4.54. The lowest BCUT2D eigenvalue weighted by Crippen LogP contribution is -2.46. The average molecular weight is 398 g/mol. The molecular formula is C18H21Cl2N3OS. The zero-order chi connectivity index (χ0) is 18.0. The third-order valence-electron chi connectivity index (χ3n) is 4.52. The standard InChI is InChI=1S/C18H21Cl2N3OS/c1-3-22-6-8-23(9-7-22)15-5-4-13(10-12(15)2)21-18(24)14-11-16(19)25-17(14)20/h4-5,10-11H,3,6-9H2,1-2H3,(H,21,24). The molecule has 1 amide bonds. The molecule has 7 heteroatoms. The molecule has 2 aromatic rings. The molecule has 1 aromatic heterocycles. The molecule has 1 saturated heterocycles.